The molecule has 122 valence electrons. The Morgan fingerprint density at radius 3 is 2.91 bits per heavy atom. The van der Waals surface area contributed by atoms with Crippen LogP contribution in [0.4, 0.5) is 5.69 Å². The number of thioether (sulfide) groups is 1. The van der Waals surface area contributed by atoms with E-state index in [0.29, 0.717) is 20.9 Å². The Morgan fingerprint density at radius 1 is 1.48 bits per heavy atom. The quantitative estimate of drug-likeness (QED) is 0.788. The number of aromatic amines is 1. The lowest BCUT2D eigenvalue weighted by Gasteiger charge is -2.13. The van der Waals surface area contributed by atoms with Gasteiger partial charge in [-0.2, -0.15) is 0 Å². The first kappa shape index (κ1) is 16.4. The van der Waals surface area contributed by atoms with Gasteiger partial charge in [-0.1, -0.05) is 35.0 Å². The molecule has 1 saturated carbocycles. The second-order valence-corrected chi connectivity index (χ2v) is 7.44. The van der Waals surface area contributed by atoms with Crippen LogP contribution in [-0.4, -0.2) is 25.9 Å². The number of aromatic nitrogens is 3. The summed E-state index contributed by atoms with van der Waals surface area (Å²) in [5.74, 6) is -0.239. The molecule has 1 unspecified atom stereocenters. The Kier molecular flexibility index (Phi) is 4.70. The van der Waals surface area contributed by atoms with Gasteiger partial charge < -0.3 is 5.32 Å². The third-order valence-corrected chi connectivity index (χ3v) is 5.05. The zero-order valence-corrected chi connectivity index (χ0v) is 14.5. The number of benzene rings is 1. The fourth-order valence-electron chi connectivity index (χ4n) is 2.07. The first-order chi connectivity index (χ1) is 11.0. The summed E-state index contributed by atoms with van der Waals surface area (Å²) in [5, 5.41) is 10.2. The number of hydrogen-bond donors (Lipinski definition) is 2. The summed E-state index contributed by atoms with van der Waals surface area (Å²) in [6, 6.07) is 5.06. The first-order valence-electron chi connectivity index (χ1n) is 7.05. The average Bonchev–Trinajstić information content (AvgIpc) is 3.27. The maximum atomic E-state index is 12.3. The Labute approximate surface area is 146 Å². The molecule has 0 aliphatic heterocycles. The molecule has 6 nitrogen and oxygen atoms in total. The number of nitrogens with one attached hydrogen (secondary N) is 2. The van der Waals surface area contributed by atoms with Crippen LogP contribution in [0.5, 0.6) is 0 Å². The van der Waals surface area contributed by atoms with E-state index in [-0.39, 0.29) is 17.6 Å². The van der Waals surface area contributed by atoms with Crippen molar-refractivity contribution in [1.82, 2.24) is 14.8 Å². The van der Waals surface area contributed by atoms with Gasteiger partial charge in [-0.3, -0.25) is 9.36 Å². The molecule has 2 aromatic rings. The Bertz CT molecular complexity index is 800. The molecule has 1 aromatic carbocycles. The second-order valence-electron chi connectivity index (χ2n) is 5.29. The molecule has 0 bridgehead atoms. The molecule has 9 heteroatoms. The number of carbonyl (C=O) groups excluding carboxylic acids is 1. The Morgan fingerprint density at radius 2 is 2.22 bits per heavy atom. The lowest BCUT2D eigenvalue weighted by Crippen LogP contribution is -2.24. The van der Waals surface area contributed by atoms with Crippen molar-refractivity contribution in [2.45, 2.75) is 36.2 Å². The van der Waals surface area contributed by atoms with Crippen LogP contribution < -0.4 is 11.0 Å². The molecule has 2 N–H and O–H groups in total. The molecule has 1 aliphatic rings. The van der Waals surface area contributed by atoms with Crippen LogP contribution in [0.15, 0.2) is 28.2 Å². The first-order valence-corrected chi connectivity index (χ1v) is 8.68. The monoisotopic (exact) mass is 372 g/mol. The standard InChI is InChI=1S/C14H14Cl2N4O2S/c1-7(12(21)17-11-6-8(15)2-5-10(11)16)23-14-19-18-13(22)20(14)9-3-4-9/h2,5-7,9H,3-4H2,1H3,(H,17,21)(H,18,22). The average molecular weight is 373 g/mol. The van der Waals surface area contributed by atoms with Crippen molar-refractivity contribution >= 4 is 46.6 Å². The highest BCUT2D eigenvalue weighted by Gasteiger charge is 2.30. The van der Waals surface area contributed by atoms with Crippen molar-refractivity contribution in [2.24, 2.45) is 0 Å². The normalized spacial score (nSPS) is 15.4. The highest BCUT2D eigenvalue weighted by Crippen LogP contribution is 2.37. The van der Waals surface area contributed by atoms with Crippen molar-refractivity contribution in [2.75, 3.05) is 5.32 Å². The maximum absolute atomic E-state index is 12.3. The van der Waals surface area contributed by atoms with Crippen LogP contribution >= 0.6 is 35.0 Å². The van der Waals surface area contributed by atoms with Crippen LogP contribution in [0.3, 0.4) is 0 Å². The van der Waals surface area contributed by atoms with E-state index in [9.17, 15) is 9.59 Å². The van der Waals surface area contributed by atoms with E-state index in [1.165, 1.54) is 11.8 Å². The molecule has 1 aliphatic carbocycles. The van der Waals surface area contributed by atoms with Gasteiger partial charge in [0, 0.05) is 11.1 Å². The topological polar surface area (TPSA) is 79.8 Å². The lowest BCUT2D eigenvalue weighted by atomic mass is 10.3. The van der Waals surface area contributed by atoms with Gasteiger partial charge in [-0.15, -0.1) is 5.10 Å². The molecule has 1 aromatic heterocycles. The number of halogens is 2. The predicted molar refractivity (Wildman–Crippen MR) is 91.5 cm³/mol. The van der Waals surface area contributed by atoms with E-state index < -0.39 is 5.25 Å². The van der Waals surface area contributed by atoms with Gasteiger partial charge in [-0.05, 0) is 38.0 Å². The summed E-state index contributed by atoms with van der Waals surface area (Å²) in [7, 11) is 0. The predicted octanol–water partition coefficient (Wildman–Crippen LogP) is 3.33. The van der Waals surface area contributed by atoms with Gasteiger partial charge in [0.2, 0.25) is 5.91 Å². The SMILES string of the molecule is CC(Sc1n[nH]c(=O)n1C1CC1)C(=O)Nc1cc(Cl)ccc1Cl. The molecular formula is C14H14Cl2N4O2S. The summed E-state index contributed by atoms with van der Waals surface area (Å²) >= 11 is 13.2. The third-order valence-electron chi connectivity index (χ3n) is 3.42. The van der Waals surface area contributed by atoms with Crippen LogP contribution in [0.2, 0.25) is 10.0 Å². The van der Waals surface area contributed by atoms with Gasteiger partial charge in [0.1, 0.15) is 0 Å². The molecule has 3 rings (SSSR count). The van der Waals surface area contributed by atoms with E-state index in [1.807, 2.05) is 0 Å². The summed E-state index contributed by atoms with van der Waals surface area (Å²) in [4.78, 5) is 24.1. The summed E-state index contributed by atoms with van der Waals surface area (Å²) in [5.41, 5.74) is 0.221. The van der Waals surface area contributed by atoms with Crippen molar-refractivity contribution in [1.29, 1.82) is 0 Å². The van der Waals surface area contributed by atoms with Crippen molar-refractivity contribution in [3.05, 3.63) is 38.7 Å². The number of hydrogen-bond acceptors (Lipinski definition) is 4. The molecule has 0 radical (unpaired) electrons. The van der Waals surface area contributed by atoms with E-state index >= 15 is 0 Å². The van der Waals surface area contributed by atoms with Crippen molar-refractivity contribution in [3.63, 3.8) is 0 Å². The minimum absolute atomic E-state index is 0.196. The molecule has 1 amide bonds. The van der Waals surface area contributed by atoms with Crippen LogP contribution in [0.25, 0.3) is 0 Å². The second kappa shape index (κ2) is 6.59. The minimum atomic E-state index is -0.447. The molecule has 1 fully saturated rings. The molecule has 1 atom stereocenters. The zero-order valence-electron chi connectivity index (χ0n) is 12.2. The smallest absolute Gasteiger partial charge is 0.324 e. The summed E-state index contributed by atoms with van der Waals surface area (Å²) < 4.78 is 1.61. The van der Waals surface area contributed by atoms with Crippen LogP contribution in [0.1, 0.15) is 25.8 Å². The number of H-pyrrole nitrogens is 1. The number of carbonyl (C=O) groups is 1. The summed E-state index contributed by atoms with van der Waals surface area (Å²) in [6.45, 7) is 1.74. The highest BCUT2D eigenvalue weighted by molar-refractivity contribution is 8.00. The van der Waals surface area contributed by atoms with E-state index in [0.717, 1.165) is 12.8 Å². The fourth-order valence-corrected chi connectivity index (χ4v) is 3.33. The van der Waals surface area contributed by atoms with Gasteiger partial charge in [0.05, 0.1) is 16.0 Å². The Hall–Kier alpha value is -1.44. The molecule has 0 saturated heterocycles. The fraction of sp³-hybridized carbons (Fsp3) is 0.357. The molecular weight excluding hydrogens is 359 g/mol. The lowest BCUT2D eigenvalue weighted by molar-refractivity contribution is -0.115. The number of rotatable bonds is 5. The van der Waals surface area contributed by atoms with Crippen LogP contribution in [0, 0.1) is 0 Å². The molecule has 1 heterocycles. The van der Waals surface area contributed by atoms with E-state index in [2.05, 4.69) is 15.5 Å². The van der Waals surface area contributed by atoms with E-state index in [4.69, 9.17) is 23.2 Å². The third kappa shape index (κ3) is 3.73. The zero-order chi connectivity index (χ0) is 16.6. The van der Waals surface area contributed by atoms with Crippen molar-refractivity contribution in [3.8, 4) is 0 Å². The highest BCUT2D eigenvalue weighted by atomic mass is 35.5. The molecule has 0 spiro atoms. The molecule has 23 heavy (non-hydrogen) atoms. The van der Waals surface area contributed by atoms with Gasteiger partial charge in [0.15, 0.2) is 5.16 Å². The van der Waals surface area contributed by atoms with Gasteiger partial charge >= 0.3 is 5.69 Å². The number of anilines is 1. The van der Waals surface area contributed by atoms with Crippen molar-refractivity contribution < 1.29 is 4.79 Å². The van der Waals surface area contributed by atoms with Gasteiger partial charge in [-0.25, -0.2) is 9.89 Å². The van der Waals surface area contributed by atoms with Crippen LogP contribution in [-0.2, 0) is 4.79 Å². The number of amides is 1. The maximum Gasteiger partial charge on any atom is 0.344 e. The largest absolute Gasteiger partial charge is 0.344 e. The number of nitrogens with zero attached hydrogens (tertiary/aromatic N) is 2. The van der Waals surface area contributed by atoms with E-state index in [1.54, 1.807) is 29.7 Å². The van der Waals surface area contributed by atoms with Gasteiger partial charge in [0.25, 0.3) is 0 Å². The minimum Gasteiger partial charge on any atom is -0.324 e. The summed E-state index contributed by atoms with van der Waals surface area (Å²) in [6.07, 6.45) is 1.93. The Balaban J connectivity index is 1.71.